The van der Waals surface area contributed by atoms with Gasteiger partial charge in [0, 0.05) is 22.8 Å². The lowest BCUT2D eigenvalue weighted by molar-refractivity contribution is 1.36. The predicted octanol–water partition coefficient (Wildman–Crippen LogP) is 6.45. The molecule has 0 amide bonds. The normalized spacial score (nSPS) is 11.0. The van der Waals surface area contributed by atoms with Gasteiger partial charge in [0.1, 0.15) is 16.6 Å². The van der Waals surface area contributed by atoms with Gasteiger partial charge in [-0.05, 0) is 23.3 Å². The van der Waals surface area contributed by atoms with Crippen molar-refractivity contribution in [2.45, 2.75) is 0 Å². The van der Waals surface area contributed by atoms with E-state index < -0.39 is 0 Å². The number of nitrogens with zero attached hydrogens (tertiary/aromatic N) is 2. The Morgan fingerprint density at radius 1 is 0.821 bits per heavy atom. The molecule has 3 aromatic carbocycles. The first-order valence-corrected chi connectivity index (χ1v) is 9.75. The molecule has 3 nitrogen and oxygen atoms in total. The minimum Gasteiger partial charge on any atom is -0.360 e. The molecule has 0 unspecified atom stereocenters. The lowest BCUT2D eigenvalue weighted by Gasteiger charge is -2.03. The van der Waals surface area contributed by atoms with Crippen LogP contribution in [0.2, 0.25) is 0 Å². The van der Waals surface area contributed by atoms with Crippen LogP contribution >= 0.6 is 11.3 Å². The summed E-state index contributed by atoms with van der Waals surface area (Å²) in [6, 6.07) is 30.6. The Balaban J connectivity index is 1.54. The molecule has 0 fully saturated rings. The molecule has 0 radical (unpaired) electrons. The number of para-hydroxylation sites is 1. The zero-order valence-corrected chi connectivity index (χ0v) is 15.9. The first-order valence-electron chi connectivity index (χ1n) is 8.87. The number of rotatable bonds is 5. The summed E-state index contributed by atoms with van der Waals surface area (Å²) in [5.74, 6) is 0. The highest BCUT2D eigenvalue weighted by molar-refractivity contribution is 7.11. The van der Waals surface area contributed by atoms with Crippen LogP contribution in [-0.4, -0.2) is 4.98 Å². The van der Waals surface area contributed by atoms with E-state index in [4.69, 9.17) is 0 Å². The molecule has 4 heteroatoms. The number of thiazole rings is 1. The molecule has 0 bridgehead atoms. The standard InChI is InChI=1S/C24H17N3S/c25-15-21(16-26-22-9-5-2-6-10-22)24-27-23(17-28-24)20-13-11-19(12-14-20)18-7-3-1-4-8-18/h1-14,16-17,26H. The molecule has 0 spiro atoms. The van der Waals surface area contributed by atoms with Crippen molar-refractivity contribution in [3.63, 3.8) is 0 Å². The third kappa shape index (κ3) is 4.01. The Morgan fingerprint density at radius 2 is 1.43 bits per heavy atom. The van der Waals surface area contributed by atoms with Gasteiger partial charge in [0.25, 0.3) is 0 Å². The molecule has 134 valence electrons. The van der Waals surface area contributed by atoms with Crippen LogP contribution in [0.1, 0.15) is 5.01 Å². The van der Waals surface area contributed by atoms with Crippen molar-refractivity contribution in [2.24, 2.45) is 0 Å². The van der Waals surface area contributed by atoms with E-state index >= 15 is 0 Å². The number of allylic oxidation sites excluding steroid dienone is 1. The largest absolute Gasteiger partial charge is 0.360 e. The lowest BCUT2D eigenvalue weighted by atomic mass is 10.0. The fraction of sp³-hybridized carbons (Fsp3) is 0. The van der Waals surface area contributed by atoms with E-state index in [1.807, 2.05) is 53.9 Å². The summed E-state index contributed by atoms with van der Waals surface area (Å²) in [6.45, 7) is 0. The maximum absolute atomic E-state index is 9.51. The molecule has 1 N–H and O–H groups in total. The van der Waals surface area contributed by atoms with Crippen molar-refractivity contribution in [1.82, 2.24) is 4.98 Å². The van der Waals surface area contributed by atoms with E-state index in [0.29, 0.717) is 10.6 Å². The molecule has 1 heterocycles. The van der Waals surface area contributed by atoms with Gasteiger partial charge in [-0.1, -0.05) is 72.8 Å². The molecule has 4 aromatic rings. The summed E-state index contributed by atoms with van der Waals surface area (Å²) in [4.78, 5) is 4.65. The van der Waals surface area contributed by atoms with Crippen molar-refractivity contribution in [3.05, 3.63) is 102 Å². The Morgan fingerprint density at radius 3 is 2.11 bits per heavy atom. The average Bonchev–Trinajstić information content (AvgIpc) is 3.26. The number of nitrogens with one attached hydrogen (secondary N) is 1. The zero-order chi connectivity index (χ0) is 19.2. The highest BCUT2D eigenvalue weighted by Crippen LogP contribution is 2.28. The first-order chi connectivity index (χ1) is 13.8. The van der Waals surface area contributed by atoms with Gasteiger partial charge in [-0.3, -0.25) is 0 Å². The van der Waals surface area contributed by atoms with Gasteiger partial charge in [-0.25, -0.2) is 4.98 Å². The number of benzene rings is 3. The fourth-order valence-corrected chi connectivity index (χ4v) is 3.62. The maximum Gasteiger partial charge on any atom is 0.136 e. The number of hydrogen-bond donors (Lipinski definition) is 1. The molecule has 0 saturated carbocycles. The average molecular weight is 379 g/mol. The Hall–Kier alpha value is -3.68. The van der Waals surface area contributed by atoms with Crippen LogP contribution in [0.5, 0.6) is 0 Å². The quantitative estimate of drug-likeness (QED) is 0.405. The molecule has 1 aromatic heterocycles. The second kappa shape index (κ2) is 8.34. The lowest BCUT2D eigenvalue weighted by Crippen LogP contribution is -1.90. The summed E-state index contributed by atoms with van der Waals surface area (Å²) in [5, 5.41) is 15.3. The van der Waals surface area contributed by atoms with E-state index in [-0.39, 0.29) is 0 Å². The molecule has 0 saturated heterocycles. The third-order valence-corrected chi connectivity index (χ3v) is 5.18. The summed E-state index contributed by atoms with van der Waals surface area (Å²) in [7, 11) is 0. The second-order valence-corrected chi connectivity index (χ2v) is 7.02. The van der Waals surface area contributed by atoms with Crippen LogP contribution < -0.4 is 5.32 Å². The van der Waals surface area contributed by atoms with Crippen LogP contribution in [0.25, 0.3) is 28.0 Å². The molecule has 0 aliphatic heterocycles. The number of anilines is 1. The van der Waals surface area contributed by atoms with Crippen molar-refractivity contribution in [3.8, 4) is 28.5 Å². The monoisotopic (exact) mass is 379 g/mol. The van der Waals surface area contributed by atoms with E-state index in [1.54, 1.807) is 6.20 Å². The van der Waals surface area contributed by atoms with Crippen LogP contribution in [0.4, 0.5) is 5.69 Å². The Labute approximate surface area is 168 Å². The van der Waals surface area contributed by atoms with Gasteiger partial charge in [0.2, 0.25) is 0 Å². The van der Waals surface area contributed by atoms with Crippen LogP contribution in [0.15, 0.2) is 96.5 Å². The summed E-state index contributed by atoms with van der Waals surface area (Å²) in [6.07, 6.45) is 1.70. The maximum atomic E-state index is 9.51. The second-order valence-electron chi connectivity index (χ2n) is 6.16. The van der Waals surface area contributed by atoms with E-state index in [9.17, 15) is 5.26 Å². The molecule has 4 rings (SSSR count). The summed E-state index contributed by atoms with van der Waals surface area (Å²) in [5.41, 5.74) is 5.72. The van der Waals surface area contributed by atoms with Crippen LogP contribution in [0, 0.1) is 11.3 Å². The number of hydrogen-bond acceptors (Lipinski definition) is 4. The topological polar surface area (TPSA) is 48.7 Å². The minimum absolute atomic E-state index is 0.515. The van der Waals surface area contributed by atoms with Gasteiger partial charge < -0.3 is 5.32 Å². The van der Waals surface area contributed by atoms with Crippen LogP contribution in [0.3, 0.4) is 0 Å². The Kier molecular flexibility index (Phi) is 5.28. The Bertz CT molecular complexity index is 1120. The van der Waals surface area contributed by atoms with Crippen LogP contribution in [-0.2, 0) is 0 Å². The molecule has 0 aliphatic carbocycles. The molecule has 28 heavy (non-hydrogen) atoms. The van der Waals surface area contributed by atoms with E-state index in [2.05, 4.69) is 52.8 Å². The van der Waals surface area contributed by atoms with Crippen molar-refractivity contribution in [1.29, 1.82) is 5.26 Å². The van der Waals surface area contributed by atoms with Crippen molar-refractivity contribution in [2.75, 3.05) is 5.32 Å². The summed E-state index contributed by atoms with van der Waals surface area (Å²) >= 11 is 1.47. The smallest absolute Gasteiger partial charge is 0.136 e. The molecular formula is C24H17N3S. The highest BCUT2D eigenvalue weighted by atomic mass is 32.1. The SMILES string of the molecule is N#CC(=CNc1ccccc1)c1nc(-c2ccc(-c3ccccc3)cc2)cs1. The van der Waals surface area contributed by atoms with Gasteiger partial charge >= 0.3 is 0 Å². The van der Waals surface area contributed by atoms with Crippen molar-refractivity contribution >= 4 is 22.6 Å². The number of aromatic nitrogens is 1. The summed E-state index contributed by atoms with van der Waals surface area (Å²) < 4.78 is 0. The first kappa shape index (κ1) is 17.7. The van der Waals surface area contributed by atoms with Gasteiger partial charge in [0.05, 0.1) is 5.69 Å². The molecular weight excluding hydrogens is 362 g/mol. The molecule has 0 atom stereocenters. The fourth-order valence-electron chi connectivity index (χ4n) is 2.83. The van der Waals surface area contributed by atoms with E-state index in [0.717, 1.165) is 16.9 Å². The zero-order valence-electron chi connectivity index (χ0n) is 15.0. The molecule has 0 aliphatic rings. The minimum atomic E-state index is 0.515. The van der Waals surface area contributed by atoms with Gasteiger partial charge in [-0.15, -0.1) is 11.3 Å². The third-order valence-electron chi connectivity index (χ3n) is 4.30. The highest BCUT2D eigenvalue weighted by Gasteiger charge is 2.09. The predicted molar refractivity (Wildman–Crippen MR) is 117 cm³/mol. The van der Waals surface area contributed by atoms with Gasteiger partial charge in [-0.2, -0.15) is 5.26 Å². The van der Waals surface area contributed by atoms with Gasteiger partial charge in [0.15, 0.2) is 0 Å². The van der Waals surface area contributed by atoms with E-state index in [1.165, 1.54) is 22.5 Å². The number of nitriles is 1. The van der Waals surface area contributed by atoms with Crippen molar-refractivity contribution < 1.29 is 0 Å².